The van der Waals surface area contributed by atoms with Gasteiger partial charge in [-0.15, -0.1) is 11.3 Å². The average Bonchev–Trinajstić information content (AvgIpc) is 3.76. The van der Waals surface area contributed by atoms with Gasteiger partial charge in [0.2, 0.25) is 15.0 Å². The van der Waals surface area contributed by atoms with Crippen molar-refractivity contribution < 1.29 is 26.8 Å². The van der Waals surface area contributed by atoms with Crippen molar-refractivity contribution in [3.63, 3.8) is 0 Å². The molecule has 0 spiro atoms. The van der Waals surface area contributed by atoms with Gasteiger partial charge in [0, 0.05) is 54.6 Å². The number of hydrogen-bond acceptors (Lipinski definition) is 12. The van der Waals surface area contributed by atoms with Crippen LogP contribution in [0.3, 0.4) is 0 Å². The summed E-state index contributed by atoms with van der Waals surface area (Å²) in [4.78, 5) is 43.8. The largest absolute Gasteiger partial charge is 0.338 e. The molecule has 0 saturated carbocycles. The molecule has 4 aromatic heterocycles. The van der Waals surface area contributed by atoms with Gasteiger partial charge >= 0.3 is 12.1 Å². The molecule has 0 atom stereocenters. The number of nitrogens with one attached hydrogen (secondary N) is 4. The molecule has 4 amide bonds. The molecule has 4 N–H and O–H groups in total. The maximum absolute atomic E-state index is 14.4. The molecule has 2 aromatic carbocycles. The molecule has 0 saturated heterocycles. The number of halogens is 2. The van der Waals surface area contributed by atoms with E-state index < -0.39 is 21.7 Å². The van der Waals surface area contributed by atoms with E-state index in [1.165, 1.54) is 53.3 Å². The lowest BCUT2D eigenvalue weighted by Gasteiger charge is -2.03. The van der Waals surface area contributed by atoms with Crippen LogP contribution in [0.5, 0.6) is 0 Å². The van der Waals surface area contributed by atoms with Gasteiger partial charge in [-0.2, -0.15) is 0 Å². The summed E-state index contributed by atoms with van der Waals surface area (Å²) in [7, 11) is -3.53. The van der Waals surface area contributed by atoms with E-state index in [1.54, 1.807) is 24.7 Å². The summed E-state index contributed by atoms with van der Waals surface area (Å²) in [6.45, 7) is 4.62. The molecular formula is C28H25F2N9O4S4. The lowest BCUT2D eigenvalue weighted by Crippen LogP contribution is -2.28. The minimum atomic E-state index is -3.53. The molecule has 6 aromatic rings. The number of hydrogen-bond donors (Lipinski definition) is 4. The third-order valence-corrected chi connectivity index (χ3v) is 9.59. The third kappa shape index (κ3) is 8.17. The number of thiazole rings is 3. The van der Waals surface area contributed by atoms with Gasteiger partial charge in [0.25, 0.3) is 0 Å². The van der Waals surface area contributed by atoms with Crippen LogP contribution in [0.4, 0.5) is 28.6 Å². The molecule has 19 heteroatoms. The van der Waals surface area contributed by atoms with Gasteiger partial charge in [-0.1, -0.05) is 22.7 Å². The molecule has 47 heavy (non-hydrogen) atoms. The van der Waals surface area contributed by atoms with E-state index in [4.69, 9.17) is 0 Å². The number of aromatic nitrogens is 5. The predicted molar refractivity (Wildman–Crippen MR) is 180 cm³/mol. The Morgan fingerprint density at radius 2 is 1.30 bits per heavy atom. The summed E-state index contributed by atoms with van der Waals surface area (Å²) in [5.74, 6) is -0.846. The highest BCUT2D eigenvalue weighted by Gasteiger charge is 2.16. The summed E-state index contributed by atoms with van der Waals surface area (Å²) in [5, 5.41) is 10.9. The molecular weight excluding hydrogens is 693 g/mol. The van der Waals surface area contributed by atoms with Crippen molar-refractivity contribution in [3.05, 3.63) is 60.0 Å². The smallest absolute Gasteiger partial charge is 0.321 e. The number of urea groups is 2. The molecule has 0 fully saturated rings. The summed E-state index contributed by atoms with van der Waals surface area (Å²) in [6, 6.07) is 5.21. The van der Waals surface area contributed by atoms with E-state index in [9.17, 15) is 26.8 Å². The molecule has 6 rings (SSSR count). The molecule has 0 aliphatic carbocycles. The number of carbonyl (C=O) groups excluding carboxylic acids is 2. The molecule has 0 aliphatic rings. The number of anilines is 2. The van der Waals surface area contributed by atoms with Crippen LogP contribution in [0.15, 0.2) is 53.5 Å². The molecule has 0 bridgehead atoms. The van der Waals surface area contributed by atoms with Gasteiger partial charge < -0.3 is 10.6 Å². The zero-order valence-corrected chi connectivity index (χ0v) is 28.1. The maximum atomic E-state index is 14.4. The Hall–Kier alpha value is -4.72. The minimum absolute atomic E-state index is 0.187. The zero-order chi connectivity index (χ0) is 33.7. The topological polar surface area (TPSA) is 181 Å². The van der Waals surface area contributed by atoms with Crippen LogP contribution in [0.2, 0.25) is 0 Å². The van der Waals surface area contributed by atoms with Crippen LogP contribution in [0.1, 0.15) is 13.8 Å². The van der Waals surface area contributed by atoms with Gasteiger partial charge in [0.05, 0.1) is 30.8 Å². The number of nitrogens with zero attached hydrogens (tertiary/aromatic N) is 5. The highest BCUT2D eigenvalue weighted by atomic mass is 32.2. The van der Waals surface area contributed by atoms with Crippen molar-refractivity contribution in [1.82, 2.24) is 35.6 Å². The normalized spacial score (nSPS) is 11.2. The van der Waals surface area contributed by atoms with Crippen LogP contribution in [-0.4, -0.2) is 64.7 Å². The minimum Gasteiger partial charge on any atom is -0.338 e. The monoisotopic (exact) mass is 717 g/mol. The van der Waals surface area contributed by atoms with E-state index >= 15 is 0 Å². The van der Waals surface area contributed by atoms with Crippen molar-refractivity contribution >= 4 is 86.6 Å². The lowest BCUT2D eigenvalue weighted by molar-refractivity contribution is 0.251. The van der Waals surface area contributed by atoms with Gasteiger partial charge in [0.1, 0.15) is 11.6 Å². The molecule has 13 nitrogen and oxygen atoms in total. The number of benzene rings is 2. The molecule has 4 heterocycles. The summed E-state index contributed by atoms with van der Waals surface area (Å²) in [6.07, 6.45) is 5.10. The van der Waals surface area contributed by atoms with Gasteiger partial charge in [0.15, 0.2) is 10.3 Å². The molecule has 0 aliphatic heterocycles. The second kappa shape index (κ2) is 14.4. The fourth-order valence-electron chi connectivity index (χ4n) is 4.01. The standard InChI is InChI=1S/C15H14FN5O3S2.C13H11FN4OS2/c1-3-17-13(22)21-14-20-11-4-9(10(16)5-12(11)25-14)8-6-18-15(19-7-8)26(2,23)24;1-2-16-12(19)18-13-17-9-3-7(11-5-15-6-20-11)8(14)4-10(9)21-13/h4-7H,3H2,1-2H3,(H2,17,20,21,22);3-6H,2H2,1H3,(H2,16,17,18,19). The van der Waals surface area contributed by atoms with Crippen LogP contribution in [-0.2, 0) is 9.84 Å². The van der Waals surface area contributed by atoms with Crippen LogP contribution in [0, 0.1) is 11.6 Å². The van der Waals surface area contributed by atoms with Crippen molar-refractivity contribution in [2.24, 2.45) is 0 Å². The van der Waals surface area contributed by atoms with E-state index in [-0.39, 0.29) is 22.6 Å². The second-order valence-corrected chi connectivity index (χ2v) is 14.4. The Morgan fingerprint density at radius 3 is 1.77 bits per heavy atom. The molecule has 0 radical (unpaired) electrons. The van der Waals surface area contributed by atoms with Gasteiger partial charge in [-0.05, 0) is 38.1 Å². The van der Waals surface area contributed by atoms with Crippen LogP contribution >= 0.6 is 34.0 Å². The lowest BCUT2D eigenvalue weighted by atomic mass is 10.1. The van der Waals surface area contributed by atoms with Crippen molar-refractivity contribution in [3.8, 4) is 21.6 Å². The highest BCUT2D eigenvalue weighted by molar-refractivity contribution is 7.90. The Bertz CT molecular complexity index is 2170. The first-order valence-corrected chi connectivity index (χ1v) is 18.1. The Balaban J connectivity index is 0.000000189. The summed E-state index contributed by atoms with van der Waals surface area (Å²) < 4.78 is 52.6. The van der Waals surface area contributed by atoms with Crippen LogP contribution in [0.25, 0.3) is 42.0 Å². The van der Waals surface area contributed by atoms with Crippen molar-refractivity contribution in [1.29, 1.82) is 0 Å². The first-order valence-electron chi connectivity index (χ1n) is 13.7. The second-order valence-electron chi connectivity index (χ2n) is 9.50. The Morgan fingerprint density at radius 1 is 0.787 bits per heavy atom. The van der Waals surface area contributed by atoms with Gasteiger partial charge in [-0.3, -0.25) is 15.6 Å². The van der Waals surface area contributed by atoms with E-state index in [0.29, 0.717) is 54.9 Å². The fourth-order valence-corrected chi connectivity index (χ4v) is 6.88. The first-order chi connectivity index (χ1) is 22.4. The maximum Gasteiger partial charge on any atom is 0.321 e. The third-order valence-electron chi connectivity index (χ3n) is 6.04. The number of rotatable bonds is 7. The SMILES string of the molecule is CCNC(=O)Nc1nc2cc(-c3cnc(S(C)(=O)=O)nc3)c(F)cc2s1.CCNC(=O)Nc1nc2cc(-c3cncs3)c(F)cc2s1. The summed E-state index contributed by atoms with van der Waals surface area (Å²) in [5.41, 5.74) is 3.78. The van der Waals surface area contributed by atoms with Gasteiger partial charge in [-0.25, -0.2) is 46.7 Å². The number of fused-ring (bicyclic) bond motifs is 2. The quantitative estimate of drug-likeness (QED) is 0.141. The Kier molecular flexibility index (Phi) is 10.3. The van der Waals surface area contributed by atoms with Crippen LogP contribution < -0.4 is 21.3 Å². The highest BCUT2D eigenvalue weighted by Crippen LogP contribution is 2.34. The predicted octanol–water partition coefficient (Wildman–Crippen LogP) is 6.14. The number of amides is 4. The summed E-state index contributed by atoms with van der Waals surface area (Å²) >= 11 is 3.75. The number of carbonyl (C=O) groups is 2. The zero-order valence-electron chi connectivity index (χ0n) is 24.8. The van der Waals surface area contributed by atoms with Crippen molar-refractivity contribution in [2.75, 3.05) is 30.0 Å². The molecule has 0 unspecified atom stereocenters. The fraction of sp³-hybridized carbons (Fsp3) is 0.179. The molecule has 244 valence electrons. The average molecular weight is 718 g/mol. The van der Waals surface area contributed by atoms with E-state index in [0.717, 1.165) is 22.5 Å². The Labute approximate surface area is 278 Å². The number of sulfone groups is 1. The first kappa shape index (κ1) is 33.6. The van der Waals surface area contributed by atoms with E-state index in [2.05, 4.69) is 46.2 Å². The van der Waals surface area contributed by atoms with E-state index in [1.807, 2.05) is 6.92 Å². The van der Waals surface area contributed by atoms with Crippen molar-refractivity contribution in [2.45, 2.75) is 19.0 Å².